The molecule has 1 saturated heterocycles. The summed E-state index contributed by atoms with van der Waals surface area (Å²) in [5.41, 5.74) is -6.02. The summed E-state index contributed by atoms with van der Waals surface area (Å²) in [4.78, 5) is 13.8. The van der Waals surface area contributed by atoms with Crippen LogP contribution in [-0.2, 0) is 11.3 Å². The summed E-state index contributed by atoms with van der Waals surface area (Å²) >= 11 is 0. The van der Waals surface area contributed by atoms with Crippen LogP contribution < -0.4 is 9.47 Å². The Morgan fingerprint density at radius 3 is 1.74 bits per heavy atom. The third-order valence-corrected chi connectivity index (χ3v) is 6.24. The summed E-state index contributed by atoms with van der Waals surface area (Å²) in [5, 5.41) is 0. The molecule has 0 aromatic heterocycles. The highest BCUT2D eigenvalue weighted by Crippen LogP contribution is 2.69. The number of alkyl halides is 11. The minimum atomic E-state index is -7.35. The fourth-order valence-corrected chi connectivity index (χ4v) is 4.11. The first-order chi connectivity index (χ1) is 15.9. The van der Waals surface area contributed by atoms with Crippen molar-refractivity contribution in [2.45, 2.75) is 41.8 Å². The maximum atomic E-state index is 15.0. The number of halogens is 11. The Bertz CT molecular complexity index is 995. The van der Waals surface area contributed by atoms with Gasteiger partial charge in [-0.15, -0.1) is 0 Å². The summed E-state index contributed by atoms with van der Waals surface area (Å²) in [6.07, 6.45) is 0. The van der Waals surface area contributed by atoms with Crippen molar-refractivity contribution in [1.29, 1.82) is 0 Å². The molecule has 2 fully saturated rings. The van der Waals surface area contributed by atoms with Gasteiger partial charge in [0.05, 0.1) is 0 Å². The number of piperazine rings is 1. The number of hydrogen-bond acceptors (Lipinski definition) is 4. The highest BCUT2D eigenvalue weighted by molar-refractivity contribution is 5.89. The van der Waals surface area contributed by atoms with Gasteiger partial charge in [0.2, 0.25) is 6.79 Å². The van der Waals surface area contributed by atoms with E-state index in [1.807, 2.05) is 0 Å². The normalized spacial score (nSPS) is 27.5. The van der Waals surface area contributed by atoms with Crippen molar-refractivity contribution in [3.63, 3.8) is 0 Å². The van der Waals surface area contributed by atoms with Gasteiger partial charge in [0.25, 0.3) is 5.91 Å². The van der Waals surface area contributed by atoms with E-state index in [0.29, 0.717) is 17.1 Å². The highest BCUT2D eigenvalue weighted by atomic mass is 19.4. The van der Waals surface area contributed by atoms with E-state index in [1.165, 1.54) is 4.90 Å². The molecule has 4 rings (SSSR count). The molecule has 1 aromatic carbocycles. The predicted molar refractivity (Wildman–Crippen MR) is 93.0 cm³/mol. The van der Waals surface area contributed by atoms with E-state index in [9.17, 15) is 53.1 Å². The number of rotatable bonds is 3. The largest absolute Gasteiger partial charge is 0.454 e. The van der Waals surface area contributed by atoms with Gasteiger partial charge in [-0.3, -0.25) is 9.69 Å². The van der Waals surface area contributed by atoms with Crippen molar-refractivity contribution in [3.05, 3.63) is 23.8 Å². The fourth-order valence-electron chi connectivity index (χ4n) is 4.11. The second kappa shape index (κ2) is 7.49. The van der Waals surface area contributed by atoms with E-state index >= 15 is 0 Å². The van der Waals surface area contributed by atoms with Crippen LogP contribution in [0.3, 0.4) is 0 Å². The summed E-state index contributed by atoms with van der Waals surface area (Å²) in [7, 11) is 0. The number of benzene rings is 1. The fraction of sp³-hybridized carbons (Fsp3) is 0.632. The zero-order chi connectivity index (χ0) is 26.2. The van der Waals surface area contributed by atoms with Crippen LogP contribution in [0.15, 0.2) is 18.2 Å². The molecule has 0 spiro atoms. The first-order valence-electron chi connectivity index (χ1n) is 9.91. The van der Waals surface area contributed by atoms with Gasteiger partial charge in [-0.25, -0.2) is 4.39 Å². The lowest BCUT2D eigenvalue weighted by Gasteiger charge is -2.52. The first kappa shape index (κ1) is 25.6. The van der Waals surface area contributed by atoms with Gasteiger partial charge in [0, 0.05) is 32.7 Å². The van der Waals surface area contributed by atoms with Gasteiger partial charge in [-0.2, -0.15) is 43.9 Å². The van der Waals surface area contributed by atoms with Crippen LogP contribution in [0.4, 0.5) is 48.3 Å². The van der Waals surface area contributed by atoms with Gasteiger partial charge in [-0.05, 0) is 17.7 Å². The van der Waals surface area contributed by atoms with Crippen molar-refractivity contribution in [2.24, 2.45) is 0 Å². The average Bonchev–Trinajstić information content (AvgIpc) is 3.25. The number of nitrogens with zero attached hydrogens (tertiary/aromatic N) is 2. The van der Waals surface area contributed by atoms with Crippen LogP contribution in [0, 0.1) is 0 Å². The summed E-state index contributed by atoms with van der Waals surface area (Å²) < 4.78 is 163. The van der Waals surface area contributed by atoms with Gasteiger partial charge >= 0.3 is 35.3 Å². The Balaban J connectivity index is 1.55. The number of amides is 1. The maximum absolute atomic E-state index is 15.0. The molecule has 2 heterocycles. The van der Waals surface area contributed by atoms with Crippen molar-refractivity contribution >= 4 is 5.91 Å². The Hall–Kier alpha value is -2.52. The number of ether oxygens (including phenoxy) is 2. The molecule has 0 N–H and O–H groups in total. The second-order valence-corrected chi connectivity index (χ2v) is 8.29. The standard InChI is InChI=1S/C19H15F11N2O3/c20-14(15(21,22)17(25,26)19(29,30)18(27,28)16(14,23)24)13(33)32-5-3-31(4-6-32)8-10-1-2-11-12(7-10)35-9-34-11/h1-2,7H,3-6,8-9H2. The van der Waals surface area contributed by atoms with E-state index < -0.39 is 54.3 Å². The number of hydrogen-bond donors (Lipinski definition) is 0. The third-order valence-electron chi connectivity index (χ3n) is 6.24. The average molecular weight is 528 g/mol. The van der Waals surface area contributed by atoms with Crippen LogP contribution in [0.2, 0.25) is 0 Å². The van der Waals surface area contributed by atoms with Gasteiger partial charge < -0.3 is 14.4 Å². The summed E-state index contributed by atoms with van der Waals surface area (Å²) in [6.45, 7) is -2.09. The molecule has 3 aliphatic rings. The molecule has 1 aromatic rings. The van der Waals surface area contributed by atoms with Gasteiger partial charge in [0.15, 0.2) is 11.5 Å². The maximum Gasteiger partial charge on any atom is 0.384 e. The molecular formula is C19H15F11N2O3. The Morgan fingerprint density at radius 2 is 1.20 bits per heavy atom. The van der Waals surface area contributed by atoms with Crippen LogP contribution >= 0.6 is 0 Å². The predicted octanol–water partition coefficient (Wildman–Crippen LogP) is 3.96. The number of carbonyl (C=O) groups is 1. The molecule has 5 nitrogen and oxygen atoms in total. The quantitative estimate of drug-likeness (QED) is 0.558. The third kappa shape index (κ3) is 3.06. The van der Waals surface area contributed by atoms with E-state index in [1.54, 1.807) is 18.2 Å². The van der Waals surface area contributed by atoms with Crippen LogP contribution in [-0.4, -0.2) is 84.0 Å². The SMILES string of the molecule is O=C(N1CCN(Cc2ccc3c(c2)OCO3)CC1)C1(F)C(F)(F)C(F)(F)C(F)(F)C(F)(F)C1(F)F. The molecule has 16 heteroatoms. The Kier molecular flexibility index (Phi) is 5.47. The van der Waals surface area contributed by atoms with Crippen molar-refractivity contribution < 1.29 is 62.6 Å². The highest BCUT2D eigenvalue weighted by Gasteiger charge is 3.03. The minimum absolute atomic E-state index is 0.0101. The van der Waals surface area contributed by atoms with E-state index in [2.05, 4.69) is 0 Å². The first-order valence-corrected chi connectivity index (χ1v) is 9.91. The molecule has 0 radical (unpaired) electrons. The van der Waals surface area contributed by atoms with E-state index in [4.69, 9.17) is 9.47 Å². The van der Waals surface area contributed by atoms with Gasteiger partial charge in [0.1, 0.15) is 0 Å². The molecule has 1 saturated carbocycles. The monoisotopic (exact) mass is 528 g/mol. The van der Waals surface area contributed by atoms with Crippen LogP contribution in [0.5, 0.6) is 11.5 Å². The Morgan fingerprint density at radius 1 is 0.714 bits per heavy atom. The van der Waals surface area contributed by atoms with Crippen LogP contribution in [0.1, 0.15) is 5.56 Å². The zero-order valence-electron chi connectivity index (χ0n) is 17.3. The van der Waals surface area contributed by atoms with Crippen molar-refractivity contribution in [2.75, 3.05) is 33.0 Å². The van der Waals surface area contributed by atoms with E-state index in [0.717, 1.165) is 0 Å². The smallest absolute Gasteiger partial charge is 0.384 e. The molecule has 1 amide bonds. The topological polar surface area (TPSA) is 42.0 Å². The van der Waals surface area contributed by atoms with E-state index in [-0.39, 0.29) is 31.3 Å². The lowest BCUT2D eigenvalue weighted by atomic mass is 9.71. The summed E-state index contributed by atoms with van der Waals surface area (Å²) in [6, 6.07) is 4.78. The van der Waals surface area contributed by atoms with Gasteiger partial charge in [-0.1, -0.05) is 6.07 Å². The van der Waals surface area contributed by atoms with Crippen LogP contribution in [0.25, 0.3) is 0 Å². The molecule has 0 atom stereocenters. The minimum Gasteiger partial charge on any atom is -0.454 e. The molecular weight excluding hydrogens is 513 g/mol. The molecule has 0 bridgehead atoms. The zero-order valence-corrected chi connectivity index (χ0v) is 17.3. The number of carbonyl (C=O) groups excluding carboxylic acids is 1. The van der Waals surface area contributed by atoms with Crippen molar-refractivity contribution in [3.8, 4) is 11.5 Å². The molecule has 35 heavy (non-hydrogen) atoms. The lowest BCUT2D eigenvalue weighted by Crippen LogP contribution is -2.86. The van der Waals surface area contributed by atoms with Crippen molar-refractivity contribution in [1.82, 2.24) is 9.80 Å². The molecule has 2 aliphatic heterocycles. The summed E-state index contributed by atoms with van der Waals surface area (Å²) in [5.74, 6) is -38.6. The Labute approximate surface area is 189 Å². The molecule has 0 unspecified atom stereocenters. The molecule has 196 valence electrons. The number of fused-ring (bicyclic) bond motifs is 1. The second-order valence-electron chi connectivity index (χ2n) is 8.29. The molecule has 1 aliphatic carbocycles. The lowest BCUT2D eigenvalue weighted by molar-refractivity contribution is -0.477.